The van der Waals surface area contributed by atoms with Gasteiger partial charge in [0.05, 0.1) is 7.11 Å². The van der Waals surface area contributed by atoms with Gasteiger partial charge in [0.1, 0.15) is 5.76 Å². The van der Waals surface area contributed by atoms with Crippen molar-refractivity contribution in [1.82, 2.24) is 4.90 Å². The highest BCUT2D eigenvalue weighted by atomic mass is 16.5. The van der Waals surface area contributed by atoms with Crippen LogP contribution in [0.4, 0.5) is 0 Å². The molecule has 0 spiro atoms. The quantitative estimate of drug-likeness (QED) is 0.121. The van der Waals surface area contributed by atoms with Gasteiger partial charge < -0.3 is 9.64 Å². The Balaban J connectivity index is 4.13. The van der Waals surface area contributed by atoms with Crippen LogP contribution >= 0.6 is 0 Å². The minimum Gasteiger partial charge on any atom is -0.497 e. The molecule has 0 atom stereocenters. The van der Waals surface area contributed by atoms with E-state index >= 15 is 0 Å². The van der Waals surface area contributed by atoms with E-state index in [0.717, 1.165) is 18.6 Å². The summed E-state index contributed by atoms with van der Waals surface area (Å²) in [6, 6.07) is 0. The molecule has 0 radical (unpaired) electrons. The molecule has 0 bridgehead atoms. The maximum absolute atomic E-state index is 5.38. The van der Waals surface area contributed by atoms with Gasteiger partial charge in [-0.05, 0) is 50.9 Å². The van der Waals surface area contributed by atoms with Crippen LogP contribution in [-0.4, -0.2) is 31.6 Å². The van der Waals surface area contributed by atoms with Gasteiger partial charge in [0.15, 0.2) is 0 Å². The lowest BCUT2D eigenvalue weighted by atomic mass is 10.1. The zero-order valence-electron chi connectivity index (χ0n) is 19.1. The van der Waals surface area contributed by atoms with Gasteiger partial charge in [-0.15, -0.1) is 0 Å². The van der Waals surface area contributed by atoms with Crippen molar-refractivity contribution in [3.63, 3.8) is 0 Å². The third-order valence-corrected chi connectivity index (χ3v) is 5.19. The van der Waals surface area contributed by atoms with Crippen molar-refractivity contribution in [3.8, 4) is 0 Å². The standard InChI is InChI=1S/C25H49NO/c1-5-8-10-12-14-17-22-26(23-18-15-13-11-9-6-2)24-19-16-21-25(27-4)20-7-3/h16,20-21H,5-15,17-19,22-24H2,1-4H3/b21-16-,25-20+. The minimum atomic E-state index is 0.996. The predicted octanol–water partition coefficient (Wildman–Crippen LogP) is 7.90. The summed E-state index contributed by atoms with van der Waals surface area (Å²) in [5, 5.41) is 0. The molecule has 160 valence electrons. The summed E-state index contributed by atoms with van der Waals surface area (Å²) < 4.78 is 5.38. The molecule has 27 heavy (non-hydrogen) atoms. The maximum atomic E-state index is 5.38. The number of nitrogens with zero attached hydrogens (tertiary/aromatic N) is 1. The average molecular weight is 380 g/mol. The lowest BCUT2D eigenvalue weighted by Crippen LogP contribution is -2.27. The van der Waals surface area contributed by atoms with Crippen LogP contribution in [0.2, 0.25) is 0 Å². The van der Waals surface area contributed by atoms with Gasteiger partial charge in [0.2, 0.25) is 0 Å². The molecule has 0 aromatic heterocycles. The average Bonchev–Trinajstić information content (AvgIpc) is 2.68. The molecular formula is C25H49NO. The van der Waals surface area contributed by atoms with E-state index in [1.165, 1.54) is 96.7 Å². The molecule has 0 heterocycles. The first-order chi connectivity index (χ1) is 13.3. The second-order valence-corrected chi connectivity index (χ2v) is 7.79. The van der Waals surface area contributed by atoms with Crippen molar-refractivity contribution in [2.24, 2.45) is 0 Å². The van der Waals surface area contributed by atoms with Crippen LogP contribution in [0.25, 0.3) is 0 Å². The van der Waals surface area contributed by atoms with Gasteiger partial charge in [0, 0.05) is 6.54 Å². The monoisotopic (exact) mass is 379 g/mol. The van der Waals surface area contributed by atoms with Gasteiger partial charge in [-0.2, -0.15) is 0 Å². The molecule has 0 unspecified atom stereocenters. The van der Waals surface area contributed by atoms with E-state index in [0.29, 0.717) is 0 Å². The first-order valence-electron chi connectivity index (χ1n) is 11.9. The van der Waals surface area contributed by atoms with E-state index in [2.05, 4.69) is 43.9 Å². The zero-order valence-corrected chi connectivity index (χ0v) is 19.1. The number of allylic oxidation sites excluding steroid dienone is 2. The summed E-state index contributed by atoms with van der Waals surface area (Å²) in [6.45, 7) is 10.5. The molecule has 0 aromatic rings. The first-order valence-corrected chi connectivity index (χ1v) is 11.9. The lowest BCUT2D eigenvalue weighted by molar-refractivity contribution is 0.264. The maximum Gasteiger partial charge on any atom is 0.114 e. The van der Waals surface area contributed by atoms with Crippen LogP contribution in [0.5, 0.6) is 0 Å². The second-order valence-electron chi connectivity index (χ2n) is 7.79. The largest absolute Gasteiger partial charge is 0.497 e. The molecular weight excluding hydrogens is 330 g/mol. The van der Waals surface area contributed by atoms with E-state index < -0.39 is 0 Å². The Morgan fingerprint density at radius 3 is 1.70 bits per heavy atom. The summed E-state index contributed by atoms with van der Waals surface area (Å²) >= 11 is 0. The van der Waals surface area contributed by atoms with E-state index in [4.69, 9.17) is 4.74 Å². The molecule has 0 rings (SSSR count). The van der Waals surface area contributed by atoms with Crippen molar-refractivity contribution in [1.29, 1.82) is 0 Å². The van der Waals surface area contributed by atoms with E-state index in [1.54, 1.807) is 7.11 Å². The normalized spacial score (nSPS) is 12.4. The van der Waals surface area contributed by atoms with Gasteiger partial charge >= 0.3 is 0 Å². The van der Waals surface area contributed by atoms with Crippen LogP contribution in [0.1, 0.15) is 111 Å². The zero-order chi connectivity index (χ0) is 20.0. The minimum absolute atomic E-state index is 0.996. The third-order valence-electron chi connectivity index (χ3n) is 5.19. The molecule has 2 heteroatoms. The van der Waals surface area contributed by atoms with Crippen molar-refractivity contribution < 1.29 is 4.74 Å². The molecule has 0 aromatic carbocycles. The molecule has 0 N–H and O–H groups in total. The molecule has 0 amide bonds. The Labute approximate surface area is 171 Å². The van der Waals surface area contributed by atoms with Crippen LogP contribution < -0.4 is 0 Å². The lowest BCUT2D eigenvalue weighted by Gasteiger charge is -2.21. The highest BCUT2D eigenvalue weighted by molar-refractivity contribution is 5.11. The van der Waals surface area contributed by atoms with Gasteiger partial charge in [-0.3, -0.25) is 0 Å². The smallest absolute Gasteiger partial charge is 0.114 e. The number of hydrogen-bond acceptors (Lipinski definition) is 2. The van der Waals surface area contributed by atoms with Gasteiger partial charge in [-0.1, -0.05) is 91.1 Å². The fourth-order valence-electron chi connectivity index (χ4n) is 3.44. The molecule has 0 saturated heterocycles. The highest BCUT2D eigenvalue weighted by Crippen LogP contribution is 2.10. The highest BCUT2D eigenvalue weighted by Gasteiger charge is 2.04. The molecule has 0 aliphatic rings. The molecule has 0 saturated carbocycles. The number of ether oxygens (including phenoxy) is 1. The van der Waals surface area contributed by atoms with Crippen LogP contribution in [0.15, 0.2) is 24.0 Å². The summed E-state index contributed by atoms with van der Waals surface area (Å²) in [7, 11) is 1.76. The van der Waals surface area contributed by atoms with E-state index in [-0.39, 0.29) is 0 Å². The van der Waals surface area contributed by atoms with Crippen LogP contribution in [-0.2, 0) is 4.74 Å². The summed E-state index contributed by atoms with van der Waals surface area (Å²) in [5.74, 6) is 0.996. The SMILES string of the molecule is CC/C=C(\C=C/CCN(CCCCCCCC)CCCCCCCC)OC. The molecule has 2 nitrogen and oxygen atoms in total. The fourth-order valence-corrected chi connectivity index (χ4v) is 3.44. The molecule has 0 fully saturated rings. The Morgan fingerprint density at radius 2 is 1.22 bits per heavy atom. The predicted molar refractivity (Wildman–Crippen MR) is 122 cm³/mol. The van der Waals surface area contributed by atoms with Crippen molar-refractivity contribution in [2.45, 2.75) is 111 Å². The summed E-state index contributed by atoms with van der Waals surface area (Å²) in [6.07, 6.45) is 25.4. The van der Waals surface area contributed by atoms with E-state index in [9.17, 15) is 0 Å². The summed E-state index contributed by atoms with van der Waals surface area (Å²) in [4.78, 5) is 2.69. The Hall–Kier alpha value is -0.760. The number of rotatable bonds is 20. The van der Waals surface area contributed by atoms with E-state index in [1.807, 2.05) is 0 Å². The fraction of sp³-hybridized carbons (Fsp3) is 0.840. The number of methoxy groups -OCH3 is 1. The topological polar surface area (TPSA) is 12.5 Å². The van der Waals surface area contributed by atoms with Crippen molar-refractivity contribution in [3.05, 3.63) is 24.0 Å². The van der Waals surface area contributed by atoms with Crippen LogP contribution in [0, 0.1) is 0 Å². The first kappa shape index (κ1) is 26.2. The second kappa shape index (κ2) is 21.5. The number of unbranched alkanes of at least 4 members (excludes halogenated alkanes) is 10. The van der Waals surface area contributed by atoms with Gasteiger partial charge in [-0.25, -0.2) is 0 Å². The molecule has 0 aliphatic carbocycles. The van der Waals surface area contributed by atoms with Crippen molar-refractivity contribution in [2.75, 3.05) is 26.7 Å². The Kier molecular flexibility index (Phi) is 20.9. The van der Waals surface area contributed by atoms with Crippen LogP contribution in [0.3, 0.4) is 0 Å². The number of hydrogen-bond donors (Lipinski definition) is 0. The molecule has 0 aliphatic heterocycles. The van der Waals surface area contributed by atoms with Crippen molar-refractivity contribution >= 4 is 0 Å². The summed E-state index contributed by atoms with van der Waals surface area (Å²) in [5.41, 5.74) is 0. The van der Waals surface area contributed by atoms with Gasteiger partial charge in [0.25, 0.3) is 0 Å². The third kappa shape index (κ3) is 18.4. The Morgan fingerprint density at radius 1 is 0.704 bits per heavy atom. The Bertz CT molecular complexity index is 332.